The Kier molecular flexibility index (Phi) is 3.22. The van der Waals surface area contributed by atoms with Crippen LogP contribution in [0.2, 0.25) is 0 Å². The monoisotopic (exact) mass is 203 g/mol. The smallest absolute Gasteiger partial charge is 0.255 e. The number of alkyl halides is 2. The highest BCUT2D eigenvalue weighted by Gasteiger charge is 2.13. The number of carbonyl (C=O) groups is 1. The maximum absolute atomic E-state index is 12.0. The molecule has 0 radical (unpaired) electrons. The third kappa shape index (κ3) is 2.55. The lowest BCUT2D eigenvalue weighted by Gasteiger charge is -2.14. The van der Waals surface area contributed by atoms with Gasteiger partial charge in [-0.2, -0.15) is 0 Å². The van der Waals surface area contributed by atoms with E-state index in [0.717, 1.165) is 0 Å². The highest BCUT2D eigenvalue weighted by molar-refractivity contribution is 5.91. The van der Waals surface area contributed by atoms with Crippen LogP contribution in [0.5, 0.6) is 0 Å². The minimum atomic E-state index is -2.43. The van der Waals surface area contributed by atoms with Crippen molar-refractivity contribution in [3.05, 3.63) is 17.9 Å². The molecule has 0 spiro atoms. The van der Waals surface area contributed by atoms with Crippen LogP contribution in [-0.4, -0.2) is 25.8 Å². The summed E-state index contributed by atoms with van der Waals surface area (Å²) in [6.07, 6.45) is -2.43. The third-order valence-electron chi connectivity index (χ3n) is 1.73. The molecule has 3 nitrogen and oxygen atoms in total. The summed E-state index contributed by atoms with van der Waals surface area (Å²) in [6, 6.07) is 2.97. The lowest BCUT2D eigenvalue weighted by molar-refractivity contribution is 0.0987. The molecule has 14 heavy (non-hydrogen) atoms. The first-order valence-corrected chi connectivity index (χ1v) is 4.10. The van der Waals surface area contributed by atoms with Crippen molar-refractivity contribution in [2.45, 2.75) is 13.3 Å². The molecule has 0 N–H and O–H groups in total. The van der Waals surface area contributed by atoms with Gasteiger partial charge in [-0.3, -0.25) is 4.79 Å². The van der Waals surface area contributed by atoms with Gasteiger partial charge in [0, 0.05) is 20.0 Å². The number of rotatable bonds is 4. The maximum Gasteiger partial charge on any atom is 0.255 e. The van der Waals surface area contributed by atoms with E-state index in [1.165, 1.54) is 31.0 Å². The van der Waals surface area contributed by atoms with Crippen molar-refractivity contribution in [3.63, 3.8) is 0 Å². The van der Waals surface area contributed by atoms with Crippen LogP contribution >= 0.6 is 0 Å². The predicted molar refractivity (Wildman–Crippen MR) is 48.0 cm³/mol. The first-order valence-electron chi connectivity index (χ1n) is 4.10. The van der Waals surface area contributed by atoms with Crippen molar-refractivity contribution in [1.29, 1.82) is 0 Å². The quantitative estimate of drug-likeness (QED) is 0.703. The van der Waals surface area contributed by atoms with Gasteiger partial charge in [-0.25, -0.2) is 8.78 Å². The largest absolute Gasteiger partial charge is 0.437 e. The average molecular weight is 203 g/mol. The van der Waals surface area contributed by atoms with Crippen LogP contribution in [0.4, 0.5) is 14.7 Å². The summed E-state index contributed by atoms with van der Waals surface area (Å²) in [5, 5.41) is 0. The summed E-state index contributed by atoms with van der Waals surface area (Å²) < 4.78 is 29.0. The normalized spacial score (nSPS) is 10.6. The number of hydrogen-bond acceptors (Lipinski definition) is 3. The Labute approximate surface area is 80.3 Å². The van der Waals surface area contributed by atoms with Gasteiger partial charge in [-0.1, -0.05) is 0 Å². The molecule has 0 bridgehead atoms. The summed E-state index contributed by atoms with van der Waals surface area (Å²) in [5.41, 5.74) is 0. The minimum Gasteiger partial charge on any atom is -0.437 e. The Morgan fingerprint density at radius 3 is 2.64 bits per heavy atom. The van der Waals surface area contributed by atoms with E-state index in [4.69, 9.17) is 4.42 Å². The van der Waals surface area contributed by atoms with E-state index in [-0.39, 0.29) is 17.4 Å². The van der Waals surface area contributed by atoms with E-state index in [2.05, 4.69) is 0 Å². The number of halogens is 2. The summed E-state index contributed by atoms with van der Waals surface area (Å²) in [7, 11) is 1.48. The molecule has 0 saturated heterocycles. The van der Waals surface area contributed by atoms with Crippen LogP contribution in [0.15, 0.2) is 16.5 Å². The molecule has 0 aliphatic carbocycles. The van der Waals surface area contributed by atoms with Gasteiger partial charge in [0.25, 0.3) is 6.43 Å². The summed E-state index contributed by atoms with van der Waals surface area (Å²) >= 11 is 0. The molecule has 0 aliphatic heterocycles. The Hall–Kier alpha value is -1.39. The number of Topliss-reactive ketones (excluding diaryl/α,β-unsaturated/α-hetero) is 1. The van der Waals surface area contributed by atoms with E-state index in [1.807, 2.05) is 0 Å². The van der Waals surface area contributed by atoms with Gasteiger partial charge in [-0.05, 0) is 6.07 Å². The minimum absolute atomic E-state index is 0.182. The molecule has 0 unspecified atom stereocenters. The molecule has 1 heterocycles. The van der Waals surface area contributed by atoms with E-state index < -0.39 is 13.0 Å². The topological polar surface area (TPSA) is 33.5 Å². The molecule has 1 aromatic rings. The summed E-state index contributed by atoms with van der Waals surface area (Å²) in [4.78, 5) is 12.1. The van der Waals surface area contributed by atoms with Gasteiger partial charge >= 0.3 is 0 Å². The van der Waals surface area contributed by atoms with Gasteiger partial charge in [0.2, 0.25) is 0 Å². The van der Waals surface area contributed by atoms with Crippen molar-refractivity contribution in [1.82, 2.24) is 0 Å². The number of furan rings is 1. The molecule has 0 aliphatic rings. The SMILES string of the molecule is CC(=O)c1ccc(N(C)CC(F)F)o1. The van der Waals surface area contributed by atoms with Gasteiger partial charge in [0.1, 0.15) is 0 Å². The first kappa shape index (κ1) is 10.7. The van der Waals surface area contributed by atoms with E-state index in [9.17, 15) is 13.6 Å². The Bertz CT molecular complexity index is 322. The molecule has 78 valence electrons. The van der Waals surface area contributed by atoms with Crippen molar-refractivity contribution < 1.29 is 18.0 Å². The fraction of sp³-hybridized carbons (Fsp3) is 0.444. The van der Waals surface area contributed by atoms with Gasteiger partial charge in [0.05, 0.1) is 6.54 Å². The standard InChI is InChI=1S/C9H11F2NO2/c1-6(13)7-3-4-9(14-7)12(2)5-8(10)11/h3-4,8H,5H2,1-2H3. The van der Waals surface area contributed by atoms with Gasteiger partial charge in [0.15, 0.2) is 17.4 Å². The van der Waals surface area contributed by atoms with Crippen molar-refractivity contribution in [2.24, 2.45) is 0 Å². The van der Waals surface area contributed by atoms with Crippen molar-refractivity contribution in [2.75, 3.05) is 18.5 Å². The zero-order valence-corrected chi connectivity index (χ0v) is 7.96. The lowest BCUT2D eigenvalue weighted by Crippen LogP contribution is -2.23. The Morgan fingerprint density at radius 2 is 2.21 bits per heavy atom. The third-order valence-corrected chi connectivity index (χ3v) is 1.73. The molecule has 0 saturated carbocycles. The van der Waals surface area contributed by atoms with E-state index >= 15 is 0 Å². The second-order valence-corrected chi connectivity index (χ2v) is 2.97. The molecule has 0 fully saturated rings. The fourth-order valence-corrected chi connectivity index (χ4v) is 1.02. The maximum atomic E-state index is 12.0. The summed E-state index contributed by atoms with van der Waals surface area (Å²) in [6.45, 7) is 0.945. The second-order valence-electron chi connectivity index (χ2n) is 2.97. The van der Waals surface area contributed by atoms with Crippen LogP contribution < -0.4 is 4.90 Å². The molecule has 1 aromatic heterocycles. The zero-order chi connectivity index (χ0) is 10.7. The molecule has 1 rings (SSSR count). The molecular formula is C9H11F2NO2. The Balaban J connectivity index is 2.71. The number of hydrogen-bond donors (Lipinski definition) is 0. The van der Waals surface area contributed by atoms with Crippen LogP contribution in [0.1, 0.15) is 17.5 Å². The van der Waals surface area contributed by atoms with E-state index in [0.29, 0.717) is 0 Å². The fourth-order valence-electron chi connectivity index (χ4n) is 1.02. The van der Waals surface area contributed by atoms with Gasteiger partial charge < -0.3 is 9.32 Å². The zero-order valence-electron chi connectivity index (χ0n) is 7.96. The second kappa shape index (κ2) is 4.21. The van der Waals surface area contributed by atoms with Crippen LogP contribution in [0.25, 0.3) is 0 Å². The molecule has 0 aromatic carbocycles. The molecule has 0 amide bonds. The molecular weight excluding hydrogens is 192 g/mol. The number of ketones is 1. The lowest BCUT2D eigenvalue weighted by atomic mass is 10.3. The van der Waals surface area contributed by atoms with Crippen molar-refractivity contribution >= 4 is 11.7 Å². The summed E-state index contributed by atoms with van der Waals surface area (Å²) in [5.74, 6) is 0.235. The van der Waals surface area contributed by atoms with Crippen LogP contribution in [0.3, 0.4) is 0 Å². The van der Waals surface area contributed by atoms with Crippen molar-refractivity contribution in [3.8, 4) is 0 Å². The van der Waals surface area contributed by atoms with Crippen LogP contribution in [0, 0.1) is 0 Å². The Morgan fingerprint density at radius 1 is 1.57 bits per heavy atom. The number of anilines is 1. The number of nitrogens with zero attached hydrogens (tertiary/aromatic N) is 1. The number of carbonyl (C=O) groups excluding carboxylic acids is 1. The molecule has 0 atom stereocenters. The van der Waals surface area contributed by atoms with Crippen LogP contribution in [-0.2, 0) is 0 Å². The highest BCUT2D eigenvalue weighted by Crippen LogP contribution is 2.18. The first-order chi connectivity index (χ1) is 6.50. The predicted octanol–water partition coefficient (Wildman–Crippen LogP) is 2.18. The average Bonchev–Trinajstić information content (AvgIpc) is 2.50. The molecule has 5 heteroatoms. The van der Waals surface area contributed by atoms with Gasteiger partial charge in [-0.15, -0.1) is 0 Å². The highest BCUT2D eigenvalue weighted by atomic mass is 19.3. The van der Waals surface area contributed by atoms with E-state index in [1.54, 1.807) is 0 Å².